The molecule has 5 heteroatoms. The molecule has 1 fully saturated rings. The standard InChI is InChI=1S/C16H22F3NO/c1-2-11-4-3-5-14(8-11)21-10-12-6-7-13(20)9-15(12)16(17,18)19/h6-7,9,11,14H,2-5,8,10,20H2,1H3. The van der Waals surface area contributed by atoms with Crippen LogP contribution in [-0.4, -0.2) is 6.10 Å². The fourth-order valence-electron chi connectivity index (χ4n) is 2.96. The SMILES string of the molecule is CCC1CCCC(OCc2ccc(N)cc2C(F)(F)F)C1. The molecule has 0 saturated heterocycles. The van der Waals surface area contributed by atoms with Crippen LogP contribution in [0.4, 0.5) is 18.9 Å². The number of nitrogens with two attached hydrogens (primary N) is 1. The summed E-state index contributed by atoms with van der Waals surface area (Å²) in [4.78, 5) is 0. The Labute approximate surface area is 123 Å². The molecule has 2 N–H and O–H groups in total. The molecule has 1 saturated carbocycles. The van der Waals surface area contributed by atoms with Crippen molar-refractivity contribution < 1.29 is 17.9 Å². The van der Waals surface area contributed by atoms with Gasteiger partial charge in [0.2, 0.25) is 0 Å². The molecule has 1 aromatic rings. The summed E-state index contributed by atoms with van der Waals surface area (Å²) >= 11 is 0. The number of hydrogen-bond donors (Lipinski definition) is 1. The zero-order chi connectivity index (χ0) is 15.5. The Morgan fingerprint density at radius 1 is 1.29 bits per heavy atom. The van der Waals surface area contributed by atoms with Crippen molar-refractivity contribution in [2.24, 2.45) is 5.92 Å². The monoisotopic (exact) mass is 301 g/mol. The largest absolute Gasteiger partial charge is 0.416 e. The van der Waals surface area contributed by atoms with Gasteiger partial charge < -0.3 is 10.5 Å². The summed E-state index contributed by atoms with van der Waals surface area (Å²) in [5.41, 5.74) is 5.05. The van der Waals surface area contributed by atoms with E-state index in [0.29, 0.717) is 5.92 Å². The van der Waals surface area contributed by atoms with Crippen molar-refractivity contribution >= 4 is 5.69 Å². The van der Waals surface area contributed by atoms with Crippen LogP contribution in [0.5, 0.6) is 0 Å². The van der Waals surface area contributed by atoms with Crippen molar-refractivity contribution in [2.75, 3.05) is 5.73 Å². The second-order valence-corrected chi connectivity index (χ2v) is 5.79. The van der Waals surface area contributed by atoms with Crippen LogP contribution in [-0.2, 0) is 17.5 Å². The van der Waals surface area contributed by atoms with E-state index in [4.69, 9.17) is 10.5 Å². The predicted octanol–water partition coefficient (Wildman–Crippen LogP) is 4.77. The average Bonchev–Trinajstić information content (AvgIpc) is 2.45. The van der Waals surface area contributed by atoms with Gasteiger partial charge in [0.1, 0.15) is 0 Å². The molecule has 0 bridgehead atoms. The van der Waals surface area contributed by atoms with Gasteiger partial charge in [-0.25, -0.2) is 0 Å². The first-order valence-electron chi connectivity index (χ1n) is 7.47. The first kappa shape index (κ1) is 16.1. The smallest absolute Gasteiger partial charge is 0.399 e. The Balaban J connectivity index is 2.03. The maximum absolute atomic E-state index is 13.0. The normalized spacial score (nSPS) is 23.2. The van der Waals surface area contributed by atoms with E-state index in [-0.39, 0.29) is 24.0 Å². The Morgan fingerprint density at radius 2 is 2.05 bits per heavy atom. The first-order chi connectivity index (χ1) is 9.90. The Kier molecular flexibility index (Phi) is 5.14. The number of anilines is 1. The number of hydrogen-bond acceptors (Lipinski definition) is 2. The van der Waals surface area contributed by atoms with Crippen LogP contribution < -0.4 is 5.73 Å². The first-order valence-corrected chi connectivity index (χ1v) is 7.47. The zero-order valence-electron chi connectivity index (χ0n) is 12.2. The Hall–Kier alpha value is -1.23. The van der Waals surface area contributed by atoms with E-state index in [1.54, 1.807) is 0 Å². The van der Waals surface area contributed by atoms with Gasteiger partial charge in [-0.1, -0.05) is 32.3 Å². The summed E-state index contributed by atoms with van der Waals surface area (Å²) in [6.07, 6.45) is 0.965. The van der Waals surface area contributed by atoms with Gasteiger partial charge in [0.15, 0.2) is 0 Å². The highest BCUT2D eigenvalue weighted by Gasteiger charge is 2.33. The van der Waals surface area contributed by atoms with Gasteiger partial charge in [-0.2, -0.15) is 13.2 Å². The van der Waals surface area contributed by atoms with Crippen LogP contribution in [0.3, 0.4) is 0 Å². The summed E-state index contributed by atoms with van der Waals surface area (Å²) in [6, 6.07) is 3.89. The molecule has 2 unspecified atom stereocenters. The highest BCUT2D eigenvalue weighted by atomic mass is 19.4. The molecule has 2 rings (SSSR count). The average molecular weight is 301 g/mol. The topological polar surface area (TPSA) is 35.2 Å². The molecule has 2 atom stereocenters. The minimum Gasteiger partial charge on any atom is -0.399 e. The number of ether oxygens (including phenoxy) is 1. The van der Waals surface area contributed by atoms with E-state index < -0.39 is 11.7 Å². The minimum absolute atomic E-state index is 0.00375. The van der Waals surface area contributed by atoms with Crippen molar-refractivity contribution in [2.45, 2.75) is 57.9 Å². The lowest BCUT2D eigenvalue weighted by Crippen LogP contribution is -2.23. The third-order valence-corrected chi connectivity index (χ3v) is 4.23. The van der Waals surface area contributed by atoms with E-state index in [2.05, 4.69) is 6.92 Å². The summed E-state index contributed by atoms with van der Waals surface area (Å²) in [6.45, 7) is 2.14. The molecule has 0 heterocycles. The maximum Gasteiger partial charge on any atom is 0.416 e. The number of alkyl halides is 3. The maximum atomic E-state index is 13.0. The second-order valence-electron chi connectivity index (χ2n) is 5.79. The van der Waals surface area contributed by atoms with Gasteiger partial charge in [-0.3, -0.25) is 0 Å². The molecule has 21 heavy (non-hydrogen) atoms. The lowest BCUT2D eigenvalue weighted by atomic mass is 9.85. The van der Waals surface area contributed by atoms with Gasteiger partial charge in [0.05, 0.1) is 18.3 Å². The fourth-order valence-corrected chi connectivity index (χ4v) is 2.96. The summed E-state index contributed by atoms with van der Waals surface area (Å²) in [5.74, 6) is 0.636. The fraction of sp³-hybridized carbons (Fsp3) is 0.625. The summed E-state index contributed by atoms with van der Waals surface area (Å²) < 4.78 is 44.7. The van der Waals surface area contributed by atoms with E-state index in [1.807, 2.05) is 0 Å². The van der Waals surface area contributed by atoms with Crippen LogP contribution in [0.25, 0.3) is 0 Å². The second kappa shape index (κ2) is 6.69. The minimum atomic E-state index is -4.40. The molecular formula is C16H22F3NO. The molecule has 0 aliphatic heterocycles. The van der Waals surface area contributed by atoms with Crippen LogP contribution >= 0.6 is 0 Å². The quantitative estimate of drug-likeness (QED) is 0.813. The van der Waals surface area contributed by atoms with Crippen molar-refractivity contribution in [1.82, 2.24) is 0 Å². The summed E-state index contributed by atoms with van der Waals surface area (Å²) in [5, 5.41) is 0. The van der Waals surface area contributed by atoms with E-state index >= 15 is 0 Å². The number of rotatable bonds is 4. The number of benzene rings is 1. The van der Waals surface area contributed by atoms with Crippen molar-refractivity contribution in [3.63, 3.8) is 0 Å². The predicted molar refractivity (Wildman–Crippen MR) is 76.7 cm³/mol. The number of nitrogen functional groups attached to an aromatic ring is 1. The van der Waals surface area contributed by atoms with Crippen LogP contribution in [0, 0.1) is 5.92 Å². The molecule has 0 radical (unpaired) electrons. The van der Waals surface area contributed by atoms with E-state index in [1.165, 1.54) is 18.6 Å². The van der Waals surface area contributed by atoms with E-state index in [0.717, 1.165) is 31.7 Å². The van der Waals surface area contributed by atoms with Crippen LogP contribution in [0.2, 0.25) is 0 Å². The molecular weight excluding hydrogens is 279 g/mol. The Morgan fingerprint density at radius 3 is 2.71 bits per heavy atom. The third-order valence-electron chi connectivity index (χ3n) is 4.23. The van der Waals surface area contributed by atoms with Gasteiger partial charge in [0.25, 0.3) is 0 Å². The van der Waals surface area contributed by atoms with Gasteiger partial charge in [0, 0.05) is 5.69 Å². The lowest BCUT2D eigenvalue weighted by Gasteiger charge is -2.28. The number of halogens is 3. The molecule has 1 aliphatic carbocycles. The molecule has 118 valence electrons. The van der Waals surface area contributed by atoms with Crippen LogP contribution in [0.15, 0.2) is 18.2 Å². The van der Waals surface area contributed by atoms with Crippen molar-refractivity contribution in [3.05, 3.63) is 29.3 Å². The molecule has 0 spiro atoms. The third kappa shape index (κ3) is 4.37. The molecule has 0 amide bonds. The van der Waals surface area contributed by atoms with Gasteiger partial charge >= 0.3 is 6.18 Å². The molecule has 1 aliphatic rings. The summed E-state index contributed by atoms with van der Waals surface area (Å²) in [7, 11) is 0. The molecule has 2 nitrogen and oxygen atoms in total. The van der Waals surface area contributed by atoms with Crippen molar-refractivity contribution in [3.8, 4) is 0 Å². The lowest BCUT2D eigenvalue weighted by molar-refractivity contribution is -0.139. The Bertz CT molecular complexity index is 473. The molecule has 0 aromatic heterocycles. The molecule has 1 aromatic carbocycles. The van der Waals surface area contributed by atoms with Crippen molar-refractivity contribution in [1.29, 1.82) is 0 Å². The van der Waals surface area contributed by atoms with Crippen LogP contribution in [0.1, 0.15) is 50.2 Å². The highest BCUT2D eigenvalue weighted by molar-refractivity contribution is 5.45. The van der Waals surface area contributed by atoms with E-state index in [9.17, 15) is 13.2 Å². The zero-order valence-corrected chi connectivity index (χ0v) is 12.2. The highest BCUT2D eigenvalue weighted by Crippen LogP contribution is 2.35. The van der Waals surface area contributed by atoms with Gasteiger partial charge in [-0.05, 0) is 36.5 Å². The van der Waals surface area contributed by atoms with Gasteiger partial charge in [-0.15, -0.1) is 0 Å².